The molecule has 154 valence electrons. The lowest BCUT2D eigenvalue weighted by Crippen LogP contribution is -2.01. The fourth-order valence-electron chi connectivity index (χ4n) is 3.23. The van der Waals surface area contributed by atoms with Gasteiger partial charge in [-0.15, -0.1) is 0 Å². The zero-order valence-corrected chi connectivity index (χ0v) is 17.0. The van der Waals surface area contributed by atoms with Gasteiger partial charge in [0.25, 0.3) is 5.69 Å². The molecule has 1 N–H and O–H groups in total. The standard InChI is InChI=1S/C21H21N5O4/c1-13-5-6-18(9-14(13)2)24-15(3)10-17(16(24)4)12-22-23-20-8-7-19(25(27)28)11-21(20)26(29)30/h5-12,23H,1-4H3. The highest BCUT2D eigenvalue weighted by Gasteiger charge is 2.19. The number of aryl methyl sites for hydroxylation is 3. The molecule has 0 saturated heterocycles. The molecule has 30 heavy (non-hydrogen) atoms. The van der Waals surface area contributed by atoms with Crippen molar-refractivity contribution >= 4 is 23.3 Å². The number of hydrogen-bond donors (Lipinski definition) is 1. The number of nitro benzene ring substituents is 2. The summed E-state index contributed by atoms with van der Waals surface area (Å²) in [4.78, 5) is 20.7. The highest BCUT2D eigenvalue weighted by Crippen LogP contribution is 2.29. The molecule has 0 aliphatic heterocycles. The highest BCUT2D eigenvalue weighted by atomic mass is 16.6. The summed E-state index contributed by atoms with van der Waals surface area (Å²) in [6.07, 6.45) is 1.57. The van der Waals surface area contributed by atoms with Crippen molar-refractivity contribution in [3.05, 3.63) is 90.8 Å². The summed E-state index contributed by atoms with van der Waals surface area (Å²) < 4.78 is 2.11. The van der Waals surface area contributed by atoms with Gasteiger partial charge in [0, 0.05) is 28.7 Å². The quantitative estimate of drug-likeness (QED) is 0.352. The van der Waals surface area contributed by atoms with E-state index < -0.39 is 15.5 Å². The number of aromatic nitrogens is 1. The molecular formula is C21H21N5O4. The van der Waals surface area contributed by atoms with E-state index in [1.165, 1.54) is 23.3 Å². The van der Waals surface area contributed by atoms with Gasteiger partial charge in [-0.1, -0.05) is 6.07 Å². The largest absolute Gasteiger partial charge is 0.318 e. The molecule has 0 aliphatic rings. The van der Waals surface area contributed by atoms with Gasteiger partial charge in [-0.2, -0.15) is 5.10 Å². The van der Waals surface area contributed by atoms with E-state index in [9.17, 15) is 20.2 Å². The first-order valence-corrected chi connectivity index (χ1v) is 9.17. The van der Waals surface area contributed by atoms with Gasteiger partial charge in [0.1, 0.15) is 5.69 Å². The van der Waals surface area contributed by atoms with Gasteiger partial charge in [0.05, 0.1) is 22.1 Å². The molecule has 9 heteroatoms. The summed E-state index contributed by atoms with van der Waals surface area (Å²) in [5.74, 6) is 0. The number of nitrogens with zero attached hydrogens (tertiary/aromatic N) is 4. The van der Waals surface area contributed by atoms with Crippen LogP contribution in [0.4, 0.5) is 17.1 Å². The number of non-ortho nitro benzene ring substituents is 1. The van der Waals surface area contributed by atoms with Gasteiger partial charge in [0.15, 0.2) is 0 Å². The number of nitro groups is 2. The molecule has 1 aromatic heterocycles. The van der Waals surface area contributed by atoms with Crippen LogP contribution in [0, 0.1) is 47.9 Å². The van der Waals surface area contributed by atoms with Crippen LogP contribution in [0.2, 0.25) is 0 Å². The summed E-state index contributed by atoms with van der Waals surface area (Å²) in [6.45, 7) is 8.10. The molecule has 3 aromatic rings. The van der Waals surface area contributed by atoms with Crippen LogP contribution in [-0.2, 0) is 0 Å². The van der Waals surface area contributed by atoms with Crippen LogP contribution in [0.25, 0.3) is 5.69 Å². The van der Waals surface area contributed by atoms with Gasteiger partial charge in [-0.25, -0.2) is 0 Å². The molecule has 9 nitrogen and oxygen atoms in total. The number of hydrazone groups is 1. The van der Waals surface area contributed by atoms with Crippen LogP contribution < -0.4 is 5.43 Å². The van der Waals surface area contributed by atoms with Gasteiger partial charge >= 0.3 is 5.69 Å². The minimum absolute atomic E-state index is 0.0739. The molecule has 2 aromatic carbocycles. The number of hydrogen-bond acceptors (Lipinski definition) is 6. The number of benzene rings is 2. The monoisotopic (exact) mass is 407 g/mol. The first-order valence-electron chi connectivity index (χ1n) is 9.17. The first-order chi connectivity index (χ1) is 14.2. The summed E-state index contributed by atoms with van der Waals surface area (Å²) in [5.41, 5.74) is 8.23. The zero-order chi connectivity index (χ0) is 22.0. The lowest BCUT2D eigenvalue weighted by molar-refractivity contribution is -0.393. The summed E-state index contributed by atoms with van der Waals surface area (Å²) in [5, 5.41) is 26.2. The Bertz CT molecular complexity index is 1180. The van der Waals surface area contributed by atoms with Crippen LogP contribution in [-0.4, -0.2) is 20.6 Å². The molecule has 0 radical (unpaired) electrons. The maximum Gasteiger partial charge on any atom is 0.301 e. The van der Waals surface area contributed by atoms with Gasteiger partial charge in [-0.05, 0) is 63.1 Å². The van der Waals surface area contributed by atoms with Crippen molar-refractivity contribution in [1.82, 2.24) is 4.57 Å². The molecule has 0 atom stereocenters. The van der Waals surface area contributed by atoms with Crippen molar-refractivity contribution in [3.63, 3.8) is 0 Å². The predicted octanol–water partition coefficient (Wildman–Crippen LogP) is 4.97. The maximum atomic E-state index is 11.2. The smallest absolute Gasteiger partial charge is 0.301 e. The van der Waals surface area contributed by atoms with Crippen molar-refractivity contribution < 1.29 is 9.85 Å². The Morgan fingerprint density at radius 3 is 2.30 bits per heavy atom. The van der Waals surface area contributed by atoms with E-state index in [-0.39, 0.29) is 11.4 Å². The Labute approximate surface area is 173 Å². The Kier molecular flexibility index (Phi) is 5.63. The number of rotatable bonds is 6. The van der Waals surface area contributed by atoms with E-state index in [4.69, 9.17) is 0 Å². The van der Waals surface area contributed by atoms with Crippen LogP contribution in [0.5, 0.6) is 0 Å². The van der Waals surface area contributed by atoms with Gasteiger partial charge in [-0.3, -0.25) is 25.7 Å². The topological polar surface area (TPSA) is 116 Å². The highest BCUT2D eigenvalue weighted by molar-refractivity contribution is 5.83. The average molecular weight is 407 g/mol. The van der Waals surface area contributed by atoms with Crippen LogP contribution in [0.15, 0.2) is 47.6 Å². The second-order valence-electron chi connectivity index (χ2n) is 7.02. The van der Waals surface area contributed by atoms with E-state index in [1.807, 2.05) is 19.9 Å². The minimum atomic E-state index is -0.684. The normalized spacial score (nSPS) is 11.1. The van der Waals surface area contributed by atoms with Crippen molar-refractivity contribution in [2.75, 3.05) is 5.43 Å². The summed E-state index contributed by atoms with van der Waals surface area (Å²) >= 11 is 0. The van der Waals surface area contributed by atoms with Crippen LogP contribution >= 0.6 is 0 Å². The summed E-state index contributed by atoms with van der Waals surface area (Å²) in [6, 6.07) is 11.6. The molecule has 3 rings (SSSR count). The van der Waals surface area contributed by atoms with Crippen LogP contribution in [0.3, 0.4) is 0 Å². The predicted molar refractivity (Wildman–Crippen MR) is 116 cm³/mol. The van der Waals surface area contributed by atoms with E-state index >= 15 is 0 Å². The Hall–Kier alpha value is -4.01. The van der Waals surface area contributed by atoms with E-state index in [1.54, 1.807) is 6.21 Å². The molecule has 1 heterocycles. The van der Waals surface area contributed by atoms with Gasteiger partial charge < -0.3 is 4.57 Å². The Morgan fingerprint density at radius 2 is 1.67 bits per heavy atom. The van der Waals surface area contributed by atoms with Crippen molar-refractivity contribution in [2.45, 2.75) is 27.7 Å². The third kappa shape index (κ3) is 4.04. The third-order valence-electron chi connectivity index (χ3n) is 5.00. The molecule has 0 saturated carbocycles. The third-order valence-corrected chi connectivity index (χ3v) is 5.00. The molecule has 0 unspecified atom stereocenters. The SMILES string of the molecule is Cc1ccc(-n2c(C)cc(C=NNc3ccc([N+](=O)[O-])cc3[N+](=O)[O-])c2C)cc1C. The Morgan fingerprint density at radius 1 is 0.933 bits per heavy atom. The molecule has 0 spiro atoms. The van der Waals surface area contributed by atoms with E-state index in [0.717, 1.165) is 28.7 Å². The van der Waals surface area contributed by atoms with Crippen molar-refractivity contribution in [1.29, 1.82) is 0 Å². The number of anilines is 1. The molecule has 0 amide bonds. The lowest BCUT2D eigenvalue weighted by atomic mass is 10.1. The van der Waals surface area contributed by atoms with Crippen LogP contribution in [0.1, 0.15) is 28.1 Å². The van der Waals surface area contributed by atoms with Crippen molar-refractivity contribution in [2.24, 2.45) is 5.10 Å². The molecule has 0 fully saturated rings. The second-order valence-corrected chi connectivity index (χ2v) is 7.02. The zero-order valence-electron chi connectivity index (χ0n) is 17.0. The molecule has 0 aliphatic carbocycles. The number of nitrogens with one attached hydrogen (secondary N) is 1. The lowest BCUT2D eigenvalue weighted by Gasteiger charge is -2.11. The first kappa shape index (κ1) is 20.7. The van der Waals surface area contributed by atoms with E-state index in [0.29, 0.717) is 0 Å². The summed E-state index contributed by atoms with van der Waals surface area (Å²) in [7, 11) is 0. The second kappa shape index (κ2) is 8.16. The Balaban J connectivity index is 1.88. The molecule has 0 bridgehead atoms. The van der Waals surface area contributed by atoms with E-state index in [2.05, 4.69) is 47.1 Å². The minimum Gasteiger partial charge on any atom is -0.318 e. The maximum absolute atomic E-state index is 11.2. The van der Waals surface area contributed by atoms with Gasteiger partial charge in [0.2, 0.25) is 0 Å². The van der Waals surface area contributed by atoms with Crippen molar-refractivity contribution in [3.8, 4) is 5.69 Å². The fraction of sp³-hybridized carbons (Fsp3) is 0.190. The average Bonchev–Trinajstić information content (AvgIpc) is 2.97. The molecular weight excluding hydrogens is 386 g/mol. The fourth-order valence-corrected chi connectivity index (χ4v) is 3.23.